The largest absolute Gasteiger partial charge is 0.326 e. The Balaban J connectivity index is 2.05. The molecule has 112 valence electrons. The highest BCUT2D eigenvalue weighted by Crippen LogP contribution is 2.26. The first-order chi connectivity index (χ1) is 9.61. The van der Waals surface area contributed by atoms with Gasteiger partial charge in [0.2, 0.25) is 0 Å². The number of halogens is 1. The fourth-order valence-electron chi connectivity index (χ4n) is 3.09. The third-order valence-electron chi connectivity index (χ3n) is 4.05. The van der Waals surface area contributed by atoms with Crippen molar-refractivity contribution in [3.05, 3.63) is 34.9 Å². The molecule has 1 aromatic rings. The second-order valence-electron chi connectivity index (χ2n) is 5.73. The molecule has 0 bridgehead atoms. The molecule has 2 unspecified atom stereocenters. The van der Waals surface area contributed by atoms with Crippen LogP contribution in [-0.4, -0.2) is 48.6 Å². The Morgan fingerprint density at radius 3 is 2.25 bits per heavy atom. The van der Waals surface area contributed by atoms with Gasteiger partial charge in [0.25, 0.3) is 0 Å². The van der Waals surface area contributed by atoms with E-state index in [0.29, 0.717) is 0 Å². The average Bonchev–Trinajstić information content (AvgIpc) is 2.43. The van der Waals surface area contributed by atoms with Crippen LogP contribution in [0, 0.1) is 0 Å². The molecule has 3 nitrogen and oxygen atoms in total. The van der Waals surface area contributed by atoms with Crippen LogP contribution in [0.5, 0.6) is 0 Å². The molecule has 0 saturated carbocycles. The van der Waals surface area contributed by atoms with Crippen molar-refractivity contribution >= 4 is 11.6 Å². The highest BCUT2D eigenvalue weighted by atomic mass is 35.5. The van der Waals surface area contributed by atoms with E-state index in [9.17, 15) is 0 Å². The van der Waals surface area contributed by atoms with Gasteiger partial charge in [-0.1, -0.05) is 30.7 Å². The Bertz CT molecular complexity index is 397. The Labute approximate surface area is 127 Å². The summed E-state index contributed by atoms with van der Waals surface area (Å²) in [5.41, 5.74) is 7.51. The van der Waals surface area contributed by atoms with Crippen molar-refractivity contribution in [2.75, 3.05) is 32.7 Å². The van der Waals surface area contributed by atoms with E-state index in [1.807, 2.05) is 12.1 Å². The topological polar surface area (TPSA) is 32.5 Å². The molecule has 4 heteroatoms. The van der Waals surface area contributed by atoms with Crippen LogP contribution in [0.4, 0.5) is 0 Å². The van der Waals surface area contributed by atoms with Crippen LogP contribution < -0.4 is 5.73 Å². The van der Waals surface area contributed by atoms with Gasteiger partial charge in [-0.05, 0) is 37.6 Å². The van der Waals surface area contributed by atoms with E-state index in [0.717, 1.165) is 31.2 Å². The van der Waals surface area contributed by atoms with E-state index in [2.05, 4.69) is 35.8 Å². The standard InChI is InChI=1S/C16H26ClN3/c1-3-8-19-9-11-20(12-10-19)16(13(2)18)14-4-6-15(17)7-5-14/h4-7,13,16H,3,8-12,18H2,1-2H3. The number of hydrogen-bond donors (Lipinski definition) is 1. The molecule has 1 aliphatic heterocycles. The lowest BCUT2D eigenvalue weighted by atomic mass is 9.98. The predicted molar refractivity (Wildman–Crippen MR) is 86.1 cm³/mol. The van der Waals surface area contributed by atoms with Gasteiger partial charge in [0, 0.05) is 43.3 Å². The molecule has 1 fully saturated rings. The van der Waals surface area contributed by atoms with Crippen molar-refractivity contribution in [3.8, 4) is 0 Å². The molecule has 0 aromatic heterocycles. The van der Waals surface area contributed by atoms with Crippen LogP contribution in [0.1, 0.15) is 31.9 Å². The fraction of sp³-hybridized carbons (Fsp3) is 0.625. The normalized spacial score (nSPS) is 20.8. The Hall–Kier alpha value is -0.610. The van der Waals surface area contributed by atoms with Crippen molar-refractivity contribution in [3.63, 3.8) is 0 Å². The van der Waals surface area contributed by atoms with E-state index in [1.165, 1.54) is 18.5 Å². The SMILES string of the molecule is CCCN1CCN(C(c2ccc(Cl)cc2)C(C)N)CC1. The minimum atomic E-state index is 0.119. The molecule has 1 aliphatic rings. The van der Waals surface area contributed by atoms with Crippen LogP contribution in [0.3, 0.4) is 0 Å². The van der Waals surface area contributed by atoms with E-state index < -0.39 is 0 Å². The van der Waals surface area contributed by atoms with Crippen LogP contribution >= 0.6 is 11.6 Å². The van der Waals surface area contributed by atoms with Gasteiger partial charge >= 0.3 is 0 Å². The first-order valence-electron chi connectivity index (χ1n) is 7.59. The Morgan fingerprint density at radius 2 is 1.75 bits per heavy atom. The molecule has 1 saturated heterocycles. The first-order valence-corrected chi connectivity index (χ1v) is 7.97. The summed E-state index contributed by atoms with van der Waals surface area (Å²) in [6, 6.07) is 8.54. The van der Waals surface area contributed by atoms with E-state index in [1.54, 1.807) is 0 Å². The zero-order valence-electron chi connectivity index (χ0n) is 12.6. The van der Waals surface area contributed by atoms with Crippen LogP contribution in [-0.2, 0) is 0 Å². The lowest BCUT2D eigenvalue weighted by molar-refractivity contribution is 0.0868. The van der Waals surface area contributed by atoms with Crippen molar-refractivity contribution in [1.82, 2.24) is 9.80 Å². The quantitative estimate of drug-likeness (QED) is 0.906. The summed E-state index contributed by atoms with van der Waals surface area (Å²) < 4.78 is 0. The molecule has 0 aliphatic carbocycles. The maximum atomic E-state index is 6.24. The van der Waals surface area contributed by atoms with Gasteiger partial charge in [0.15, 0.2) is 0 Å². The molecule has 0 amide bonds. The summed E-state index contributed by atoms with van der Waals surface area (Å²) >= 11 is 5.98. The van der Waals surface area contributed by atoms with Crippen molar-refractivity contribution in [2.45, 2.75) is 32.4 Å². The number of rotatable bonds is 5. The smallest absolute Gasteiger partial charge is 0.0497 e. The highest BCUT2D eigenvalue weighted by Gasteiger charge is 2.27. The summed E-state index contributed by atoms with van der Waals surface area (Å²) in [4.78, 5) is 5.05. The molecule has 2 rings (SSSR count). The highest BCUT2D eigenvalue weighted by molar-refractivity contribution is 6.30. The van der Waals surface area contributed by atoms with Gasteiger partial charge in [0.1, 0.15) is 0 Å². The predicted octanol–water partition coefficient (Wildman–Crippen LogP) is 2.76. The van der Waals surface area contributed by atoms with E-state index in [4.69, 9.17) is 17.3 Å². The van der Waals surface area contributed by atoms with Crippen molar-refractivity contribution < 1.29 is 0 Å². The van der Waals surface area contributed by atoms with Crippen molar-refractivity contribution in [2.24, 2.45) is 5.73 Å². The first kappa shape index (κ1) is 15.8. The van der Waals surface area contributed by atoms with E-state index in [-0.39, 0.29) is 12.1 Å². The molecule has 2 atom stereocenters. The summed E-state index contributed by atoms with van der Waals surface area (Å²) in [5.74, 6) is 0. The fourth-order valence-corrected chi connectivity index (χ4v) is 3.21. The van der Waals surface area contributed by atoms with Gasteiger partial charge in [-0.25, -0.2) is 0 Å². The number of nitrogens with two attached hydrogens (primary N) is 1. The van der Waals surface area contributed by atoms with Gasteiger partial charge in [0.05, 0.1) is 0 Å². The molecule has 1 heterocycles. The monoisotopic (exact) mass is 295 g/mol. The minimum Gasteiger partial charge on any atom is -0.326 e. The Morgan fingerprint density at radius 1 is 1.15 bits per heavy atom. The maximum absolute atomic E-state index is 6.24. The van der Waals surface area contributed by atoms with Gasteiger partial charge < -0.3 is 10.6 Å². The molecule has 0 radical (unpaired) electrons. The molecule has 20 heavy (non-hydrogen) atoms. The summed E-state index contributed by atoms with van der Waals surface area (Å²) in [6.45, 7) is 10.0. The Kier molecular flexibility index (Phi) is 5.85. The second-order valence-corrected chi connectivity index (χ2v) is 6.17. The van der Waals surface area contributed by atoms with Gasteiger partial charge in [-0.15, -0.1) is 0 Å². The zero-order valence-corrected chi connectivity index (χ0v) is 13.3. The second kappa shape index (κ2) is 7.41. The van der Waals surface area contributed by atoms with E-state index >= 15 is 0 Å². The minimum absolute atomic E-state index is 0.119. The van der Waals surface area contributed by atoms with Crippen LogP contribution in [0.25, 0.3) is 0 Å². The number of nitrogens with zero attached hydrogens (tertiary/aromatic N) is 2. The number of piperazine rings is 1. The third kappa shape index (κ3) is 3.95. The number of benzene rings is 1. The summed E-state index contributed by atoms with van der Waals surface area (Å²) in [5, 5.41) is 0.782. The third-order valence-corrected chi connectivity index (χ3v) is 4.30. The molecular weight excluding hydrogens is 270 g/mol. The molecule has 0 spiro atoms. The van der Waals surface area contributed by atoms with Gasteiger partial charge in [-0.2, -0.15) is 0 Å². The van der Waals surface area contributed by atoms with Crippen LogP contribution in [0.15, 0.2) is 24.3 Å². The molecule has 2 N–H and O–H groups in total. The zero-order chi connectivity index (χ0) is 14.5. The molecular formula is C16H26ClN3. The lowest BCUT2D eigenvalue weighted by Gasteiger charge is -2.41. The van der Waals surface area contributed by atoms with Crippen LogP contribution in [0.2, 0.25) is 5.02 Å². The summed E-state index contributed by atoms with van der Waals surface area (Å²) in [7, 11) is 0. The van der Waals surface area contributed by atoms with Gasteiger partial charge in [-0.3, -0.25) is 4.90 Å². The maximum Gasteiger partial charge on any atom is 0.0497 e. The summed E-state index contributed by atoms with van der Waals surface area (Å²) in [6.07, 6.45) is 1.23. The lowest BCUT2D eigenvalue weighted by Crippen LogP contribution is -2.50. The average molecular weight is 296 g/mol. The van der Waals surface area contributed by atoms with Crippen molar-refractivity contribution in [1.29, 1.82) is 0 Å². The number of hydrogen-bond acceptors (Lipinski definition) is 3. The molecule has 1 aromatic carbocycles.